The number of hydrogen-bond acceptors (Lipinski definition) is 3. The van der Waals surface area contributed by atoms with Crippen LogP contribution in [0.2, 0.25) is 0 Å². The van der Waals surface area contributed by atoms with Crippen LogP contribution in [0.15, 0.2) is 21.5 Å². The number of benzene rings is 1. The van der Waals surface area contributed by atoms with Gasteiger partial charge in [0, 0.05) is 22.6 Å². The van der Waals surface area contributed by atoms with Crippen molar-refractivity contribution in [2.75, 3.05) is 6.54 Å². The SMILES string of the molecule is CC(C)CN(C(C)C)S(=O)(=O)c1cc(Br)cc(CO)c1F. The molecule has 0 unspecified atom stereocenters. The molecule has 0 spiro atoms. The third kappa shape index (κ3) is 4.25. The van der Waals surface area contributed by atoms with Crippen LogP contribution in [0.3, 0.4) is 0 Å². The summed E-state index contributed by atoms with van der Waals surface area (Å²) in [6.07, 6.45) is 0. The van der Waals surface area contributed by atoms with E-state index in [9.17, 15) is 12.8 Å². The molecular formula is C14H21BrFNO3S. The molecule has 21 heavy (non-hydrogen) atoms. The first-order valence-corrected chi connectivity index (χ1v) is 8.95. The van der Waals surface area contributed by atoms with Crippen molar-refractivity contribution in [1.29, 1.82) is 0 Å². The Morgan fingerprint density at radius 2 is 1.86 bits per heavy atom. The van der Waals surface area contributed by atoms with E-state index in [2.05, 4.69) is 15.9 Å². The molecule has 0 heterocycles. The van der Waals surface area contributed by atoms with Crippen molar-refractivity contribution >= 4 is 26.0 Å². The summed E-state index contributed by atoms with van der Waals surface area (Å²) < 4.78 is 41.5. The van der Waals surface area contributed by atoms with E-state index in [-0.39, 0.29) is 17.5 Å². The Labute approximate surface area is 134 Å². The van der Waals surface area contributed by atoms with Crippen molar-refractivity contribution in [3.05, 3.63) is 28.0 Å². The number of aliphatic hydroxyl groups is 1. The highest BCUT2D eigenvalue weighted by molar-refractivity contribution is 9.10. The van der Waals surface area contributed by atoms with Gasteiger partial charge < -0.3 is 5.11 Å². The second kappa shape index (κ2) is 7.17. The lowest BCUT2D eigenvalue weighted by Crippen LogP contribution is -2.39. The first-order chi connectivity index (χ1) is 9.61. The molecule has 0 aromatic heterocycles. The highest BCUT2D eigenvalue weighted by Crippen LogP contribution is 2.28. The van der Waals surface area contributed by atoms with E-state index < -0.39 is 27.3 Å². The predicted octanol–water partition coefficient (Wildman–Crippen LogP) is 3.14. The standard InChI is InChI=1S/C14H21BrFNO3S/c1-9(2)7-17(10(3)4)21(19,20)13-6-12(15)5-11(8-18)14(13)16/h5-6,9-10,18H,7-8H2,1-4H3. The molecule has 0 radical (unpaired) electrons. The molecule has 0 amide bonds. The van der Waals surface area contributed by atoms with Gasteiger partial charge in [0.2, 0.25) is 10.0 Å². The van der Waals surface area contributed by atoms with Gasteiger partial charge >= 0.3 is 0 Å². The summed E-state index contributed by atoms with van der Waals surface area (Å²) in [5.74, 6) is -0.773. The first-order valence-electron chi connectivity index (χ1n) is 6.71. The Balaban J connectivity index is 3.44. The van der Waals surface area contributed by atoms with E-state index in [0.717, 1.165) is 0 Å². The Kier molecular flexibility index (Phi) is 6.34. The monoisotopic (exact) mass is 381 g/mol. The van der Waals surface area contributed by atoms with Crippen molar-refractivity contribution in [2.24, 2.45) is 5.92 Å². The summed E-state index contributed by atoms with van der Waals surface area (Å²) >= 11 is 3.16. The van der Waals surface area contributed by atoms with Gasteiger partial charge in [-0.15, -0.1) is 0 Å². The van der Waals surface area contributed by atoms with Crippen molar-refractivity contribution in [2.45, 2.75) is 45.2 Å². The third-order valence-electron chi connectivity index (χ3n) is 2.96. The molecule has 1 aromatic rings. The van der Waals surface area contributed by atoms with E-state index in [1.54, 1.807) is 13.8 Å². The lowest BCUT2D eigenvalue weighted by atomic mass is 10.2. The van der Waals surface area contributed by atoms with Crippen molar-refractivity contribution in [3.63, 3.8) is 0 Å². The minimum atomic E-state index is -3.96. The van der Waals surface area contributed by atoms with Crippen molar-refractivity contribution in [3.8, 4) is 0 Å². The molecule has 0 aliphatic heterocycles. The summed E-state index contributed by atoms with van der Waals surface area (Å²) in [5, 5.41) is 9.16. The fourth-order valence-corrected chi connectivity index (χ4v) is 4.59. The highest BCUT2D eigenvalue weighted by atomic mass is 79.9. The van der Waals surface area contributed by atoms with Gasteiger partial charge in [-0.3, -0.25) is 0 Å². The lowest BCUT2D eigenvalue weighted by Gasteiger charge is -2.28. The molecule has 0 saturated carbocycles. The maximum atomic E-state index is 14.3. The molecule has 0 aliphatic carbocycles. The average Bonchev–Trinajstić information content (AvgIpc) is 2.37. The number of sulfonamides is 1. The van der Waals surface area contributed by atoms with Gasteiger partial charge in [0.15, 0.2) is 0 Å². The Morgan fingerprint density at radius 3 is 2.29 bits per heavy atom. The number of halogens is 2. The summed E-state index contributed by atoms with van der Waals surface area (Å²) in [7, 11) is -3.96. The molecule has 0 fully saturated rings. The minimum Gasteiger partial charge on any atom is -0.392 e. The number of rotatable bonds is 6. The van der Waals surface area contributed by atoms with Gasteiger partial charge in [0.1, 0.15) is 10.7 Å². The fraction of sp³-hybridized carbons (Fsp3) is 0.571. The van der Waals surface area contributed by atoms with Crippen LogP contribution in [0.25, 0.3) is 0 Å². The second-order valence-corrected chi connectivity index (χ2v) is 8.37. The molecule has 0 aliphatic rings. The van der Waals surface area contributed by atoms with Gasteiger partial charge in [0.25, 0.3) is 0 Å². The van der Waals surface area contributed by atoms with Crippen LogP contribution in [-0.4, -0.2) is 30.4 Å². The van der Waals surface area contributed by atoms with Crippen LogP contribution >= 0.6 is 15.9 Å². The second-order valence-electron chi connectivity index (χ2n) is 5.60. The van der Waals surface area contributed by atoms with Crippen LogP contribution in [0.1, 0.15) is 33.3 Å². The van der Waals surface area contributed by atoms with Crippen molar-refractivity contribution < 1.29 is 17.9 Å². The van der Waals surface area contributed by atoms with Crippen LogP contribution in [-0.2, 0) is 16.6 Å². The zero-order valence-corrected chi connectivity index (χ0v) is 15.0. The smallest absolute Gasteiger partial charge is 0.246 e. The van der Waals surface area contributed by atoms with Crippen molar-refractivity contribution in [1.82, 2.24) is 4.31 Å². The van der Waals surface area contributed by atoms with E-state index in [1.807, 2.05) is 13.8 Å². The number of nitrogens with zero attached hydrogens (tertiary/aromatic N) is 1. The zero-order valence-electron chi connectivity index (χ0n) is 12.6. The Morgan fingerprint density at radius 1 is 1.29 bits per heavy atom. The summed E-state index contributed by atoms with van der Waals surface area (Å²) in [6.45, 7) is 7.06. The van der Waals surface area contributed by atoms with E-state index >= 15 is 0 Å². The third-order valence-corrected chi connectivity index (χ3v) is 5.46. The molecule has 120 valence electrons. The normalized spacial score (nSPS) is 12.7. The van der Waals surface area contributed by atoms with Gasteiger partial charge in [0.05, 0.1) is 6.61 Å². The quantitative estimate of drug-likeness (QED) is 0.823. The van der Waals surface area contributed by atoms with Crippen LogP contribution in [0, 0.1) is 11.7 Å². The molecule has 0 atom stereocenters. The molecular weight excluding hydrogens is 361 g/mol. The van der Waals surface area contributed by atoms with E-state index in [1.165, 1.54) is 16.4 Å². The fourth-order valence-electron chi connectivity index (χ4n) is 1.99. The average molecular weight is 382 g/mol. The largest absolute Gasteiger partial charge is 0.392 e. The summed E-state index contributed by atoms with van der Waals surface area (Å²) in [6, 6.07) is 2.32. The minimum absolute atomic E-state index is 0.0452. The molecule has 0 bridgehead atoms. The molecule has 1 rings (SSSR count). The molecule has 4 nitrogen and oxygen atoms in total. The van der Waals surface area contributed by atoms with Gasteiger partial charge in [-0.25, -0.2) is 12.8 Å². The van der Waals surface area contributed by atoms with E-state index in [0.29, 0.717) is 11.0 Å². The molecule has 1 N–H and O–H groups in total. The van der Waals surface area contributed by atoms with Crippen LogP contribution in [0.5, 0.6) is 0 Å². The maximum Gasteiger partial charge on any atom is 0.246 e. The maximum absolute atomic E-state index is 14.3. The molecule has 7 heteroatoms. The van der Waals surface area contributed by atoms with Crippen LogP contribution < -0.4 is 0 Å². The summed E-state index contributed by atoms with van der Waals surface area (Å²) in [4.78, 5) is -0.407. The Bertz CT molecular complexity index is 602. The topological polar surface area (TPSA) is 57.6 Å². The van der Waals surface area contributed by atoms with Gasteiger partial charge in [-0.05, 0) is 31.9 Å². The van der Waals surface area contributed by atoms with Crippen LogP contribution in [0.4, 0.5) is 4.39 Å². The number of hydrogen-bond donors (Lipinski definition) is 1. The molecule has 1 aromatic carbocycles. The molecule has 0 saturated heterocycles. The summed E-state index contributed by atoms with van der Waals surface area (Å²) in [5.41, 5.74) is -0.0452. The highest BCUT2D eigenvalue weighted by Gasteiger charge is 2.31. The van der Waals surface area contributed by atoms with Gasteiger partial charge in [-0.1, -0.05) is 29.8 Å². The van der Waals surface area contributed by atoms with E-state index in [4.69, 9.17) is 5.11 Å². The van der Waals surface area contributed by atoms with Gasteiger partial charge in [-0.2, -0.15) is 4.31 Å². The first kappa shape index (κ1) is 18.5. The Hall–Kier alpha value is -0.500. The zero-order chi connectivity index (χ0) is 16.4. The number of aliphatic hydroxyl groups excluding tert-OH is 1. The predicted molar refractivity (Wildman–Crippen MR) is 83.9 cm³/mol. The lowest BCUT2D eigenvalue weighted by molar-refractivity contribution is 0.274.